The second-order valence-electron chi connectivity index (χ2n) is 8.76. The van der Waals surface area contributed by atoms with Crippen molar-refractivity contribution in [1.82, 2.24) is 0 Å². The first kappa shape index (κ1) is 28.2. The maximum Gasteiger partial charge on any atom is 0.306 e. The summed E-state index contributed by atoms with van der Waals surface area (Å²) in [6.45, 7) is 4.75. The third-order valence-corrected chi connectivity index (χ3v) is 5.84. The molecule has 0 radical (unpaired) electrons. The van der Waals surface area contributed by atoms with Gasteiger partial charge in [0, 0.05) is 12.8 Å². The molecular formula is C28H46O4. The first-order chi connectivity index (χ1) is 15.7. The fourth-order valence-electron chi connectivity index (χ4n) is 3.85. The number of benzene rings is 1. The van der Waals surface area contributed by atoms with Crippen LogP contribution in [0.5, 0.6) is 0 Å². The normalized spacial score (nSPS) is 11.8. The van der Waals surface area contributed by atoms with Crippen molar-refractivity contribution in [2.75, 3.05) is 6.61 Å². The van der Waals surface area contributed by atoms with Gasteiger partial charge in [0.2, 0.25) is 0 Å². The minimum atomic E-state index is -0.255. The number of unbranched alkanes of at least 4 members (excludes halogenated alkanes) is 11. The molecule has 0 bridgehead atoms. The van der Waals surface area contributed by atoms with E-state index in [1.54, 1.807) is 0 Å². The van der Waals surface area contributed by atoms with Gasteiger partial charge in [-0.1, -0.05) is 115 Å². The molecular weight excluding hydrogens is 400 g/mol. The molecule has 4 heteroatoms. The van der Waals surface area contributed by atoms with Crippen LogP contribution in [-0.4, -0.2) is 18.5 Å². The van der Waals surface area contributed by atoms with Crippen molar-refractivity contribution >= 4 is 11.9 Å². The fraction of sp³-hybridized carbons (Fsp3) is 0.714. The lowest BCUT2D eigenvalue weighted by Gasteiger charge is -2.16. The number of carbonyl (C=O) groups excluding carboxylic acids is 2. The maximum atomic E-state index is 12.1. The van der Waals surface area contributed by atoms with Crippen LogP contribution in [0.1, 0.15) is 128 Å². The molecule has 0 aliphatic heterocycles. The van der Waals surface area contributed by atoms with E-state index in [2.05, 4.69) is 6.92 Å². The van der Waals surface area contributed by atoms with Gasteiger partial charge in [-0.05, 0) is 24.8 Å². The Morgan fingerprint density at radius 2 is 1.22 bits per heavy atom. The Balaban J connectivity index is 1.93. The summed E-state index contributed by atoms with van der Waals surface area (Å²) >= 11 is 0. The zero-order valence-electron chi connectivity index (χ0n) is 20.6. The van der Waals surface area contributed by atoms with Gasteiger partial charge >= 0.3 is 11.9 Å². The highest BCUT2D eigenvalue weighted by Crippen LogP contribution is 2.21. The Morgan fingerprint density at radius 3 is 1.78 bits per heavy atom. The first-order valence-corrected chi connectivity index (χ1v) is 13.1. The quantitative estimate of drug-likeness (QED) is 0.150. The molecule has 0 aliphatic carbocycles. The standard InChI is InChI=1S/C28H46O4/c1-3-5-6-7-8-9-10-11-12-13-14-18-24-31-27(29)22-19-23-28(30)32-26(4-2)25-20-16-15-17-21-25/h15-17,20-21,26H,3-14,18-19,22-24H2,1-2H3. The smallest absolute Gasteiger partial charge is 0.306 e. The molecule has 1 atom stereocenters. The molecule has 0 saturated carbocycles. The molecule has 0 amide bonds. The third kappa shape index (κ3) is 15.0. The van der Waals surface area contributed by atoms with Gasteiger partial charge in [-0.15, -0.1) is 0 Å². The molecule has 1 rings (SSSR count). The van der Waals surface area contributed by atoms with E-state index in [9.17, 15) is 9.59 Å². The van der Waals surface area contributed by atoms with Crippen LogP contribution < -0.4 is 0 Å². The van der Waals surface area contributed by atoms with E-state index >= 15 is 0 Å². The molecule has 0 aromatic heterocycles. The third-order valence-electron chi connectivity index (χ3n) is 5.84. The summed E-state index contributed by atoms with van der Waals surface area (Å²) in [6, 6.07) is 9.76. The minimum Gasteiger partial charge on any atom is -0.466 e. The van der Waals surface area contributed by atoms with Crippen LogP contribution in [0.15, 0.2) is 30.3 Å². The molecule has 0 heterocycles. The Morgan fingerprint density at radius 1 is 0.688 bits per heavy atom. The van der Waals surface area contributed by atoms with Gasteiger partial charge < -0.3 is 9.47 Å². The van der Waals surface area contributed by atoms with Crippen molar-refractivity contribution in [3.05, 3.63) is 35.9 Å². The van der Waals surface area contributed by atoms with Crippen LogP contribution in [0.2, 0.25) is 0 Å². The van der Waals surface area contributed by atoms with E-state index in [1.807, 2.05) is 37.3 Å². The van der Waals surface area contributed by atoms with Crippen LogP contribution in [0.4, 0.5) is 0 Å². The summed E-state index contributed by atoms with van der Waals surface area (Å²) in [7, 11) is 0. The predicted molar refractivity (Wildman–Crippen MR) is 131 cm³/mol. The summed E-state index contributed by atoms with van der Waals surface area (Å²) in [4.78, 5) is 23.9. The highest BCUT2D eigenvalue weighted by molar-refractivity contribution is 5.72. The molecule has 0 saturated heterocycles. The van der Waals surface area contributed by atoms with Crippen molar-refractivity contribution < 1.29 is 19.1 Å². The SMILES string of the molecule is CCCCCCCCCCCCCCOC(=O)CCCC(=O)OC(CC)c1ccccc1. The zero-order valence-corrected chi connectivity index (χ0v) is 20.6. The summed E-state index contributed by atoms with van der Waals surface area (Å²) in [5.41, 5.74) is 1.00. The topological polar surface area (TPSA) is 52.6 Å². The van der Waals surface area contributed by atoms with Crippen molar-refractivity contribution in [2.24, 2.45) is 0 Å². The van der Waals surface area contributed by atoms with E-state index in [0.717, 1.165) is 24.8 Å². The Bertz CT molecular complexity index is 584. The average Bonchev–Trinajstić information content (AvgIpc) is 2.81. The van der Waals surface area contributed by atoms with Gasteiger partial charge in [0.1, 0.15) is 6.10 Å². The van der Waals surface area contributed by atoms with Crippen LogP contribution >= 0.6 is 0 Å². The first-order valence-electron chi connectivity index (χ1n) is 13.1. The highest BCUT2D eigenvalue weighted by Gasteiger charge is 2.15. The molecule has 1 aromatic carbocycles. The van der Waals surface area contributed by atoms with E-state index < -0.39 is 0 Å². The summed E-state index contributed by atoms with van der Waals surface area (Å²) in [6.07, 6.45) is 17.0. The summed E-state index contributed by atoms with van der Waals surface area (Å²) < 4.78 is 10.9. The number of carbonyl (C=O) groups is 2. The van der Waals surface area contributed by atoms with Crippen LogP contribution in [0.25, 0.3) is 0 Å². The number of rotatable bonds is 20. The van der Waals surface area contributed by atoms with E-state index in [1.165, 1.54) is 64.2 Å². The molecule has 4 nitrogen and oxygen atoms in total. The largest absolute Gasteiger partial charge is 0.466 e. The second-order valence-corrected chi connectivity index (χ2v) is 8.76. The average molecular weight is 447 g/mol. The lowest BCUT2D eigenvalue weighted by atomic mass is 10.1. The van der Waals surface area contributed by atoms with Gasteiger partial charge in [0.15, 0.2) is 0 Å². The Kier molecular flexibility index (Phi) is 17.5. The Hall–Kier alpha value is -1.84. The minimum absolute atomic E-state index is 0.212. The van der Waals surface area contributed by atoms with Crippen molar-refractivity contribution in [1.29, 1.82) is 0 Å². The molecule has 0 spiro atoms. The van der Waals surface area contributed by atoms with Gasteiger partial charge in [-0.2, -0.15) is 0 Å². The van der Waals surface area contributed by atoms with Crippen molar-refractivity contribution in [2.45, 2.75) is 123 Å². The highest BCUT2D eigenvalue weighted by atomic mass is 16.5. The van der Waals surface area contributed by atoms with Gasteiger partial charge in [0.05, 0.1) is 6.61 Å². The van der Waals surface area contributed by atoms with E-state index in [-0.39, 0.29) is 30.9 Å². The second kappa shape index (κ2) is 19.8. The number of hydrogen-bond acceptors (Lipinski definition) is 4. The molecule has 0 N–H and O–H groups in total. The summed E-state index contributed by atoms with van der Waals surface area (Å²) in [5, 5.41) is 0. The molecule has 0 fully saturated rings. The zero-order chi connectivity index (χ0) is 23.3. The monoisotopic (exact) mass is 446 g/mol. The molecule has 1 unspecified atom stereocenters. The maximum absolute atomic E-state index is 12.1. The lowest BCUT2D eigenvalue weighted by Crippen LogP contribution is -2.12. The fourth-order valence-corrected chi connectivity index (χ4v) is 3.85. The lowest BCUT2D eigenvalue weighted by molar-refractivity contribution is -0.150. The van der Waals surface area contributed by atoms with Gasteiger partial charge in [-0.25, -0.2) is 0 Å². The van der Waals surface area contributed by atoms with Crippen molar-refractivity contribution in [3.63, 3.8) is 0 Å². The van der Waals surface area contributed by atoms with Crippen LogP contribution in [-0.2, 0) is 19.1 Å². The molecule has 182 valence electrons. The number of hydrogen-bond donors (Lipinski definition) is 0. The van der Waals surface area contributed by atoms with E-state index in [4.69, 9.17) is 9.47 Å². The molecule has 1 aromatic rings. The number of esters is 2. The van der Waals surface area contributed by atoms with Crippen LogP contribution in [0.3, 0.4) is 0 Å². The van der Waals surface area contributed by atoms with Gasteiger partial charge in [-0.3, -0.25) is 9.59 Å². The predicted octanol–water partition coefficient (Wildman–Crippen LogP) is 8.10. The van der Waals surface area contributed by atoms with Gasteiger partial charge in [0.25, 0.3) is 0 Å². The summed E-state index contributed by atoms with van der Waals surface area (Å²) in [5.74, 6) is -0.467. The van der Waals surface area contributed by atoms with E-state index in [0.29, 0.717) is 13.0 Å². The van der Waals surface area contributed by atoms with Crippen LogP contribution in [0, 0.1) is 0 Å². The number of ether oxygens (including phenoxy) is 2. The van der Waals surface area contributed by atoms with Crippen molar-refractivity contribution in [3.8, 4) is 0 Å². The molecule has 32 heavy (non-hydrogen) atoms. The molecule has 0 aliphatic rings. The Labute approximate surface area is 196 Å².